The minimum absolute atomic E-state index is 0.0411. The molecule has 0 aromatic carbocycles. The van der Waals surface area contributed by atoms with Gasteiger partial charge in [-0.3, -0.25) is 19.4 Å². The van der Waals surface area contributed by atoms with Crippen LogP contribution in [0.2, 0.25) is 0 Å². The molecular formula is C20H27N5O2. The second-order valence-corrected chi connectivity index (χ2v) is 7.52. The second-order valence-electron chi connectivity index (χ2n) is 7.52. The van der Waals surface area contributed by atoms with Crippen LogP contribution in [0.5, 0.6) is 0 Å². The van der Waals surface area contributed by atoms with Crippen LogP contribution in [0.4, 0.5) is 0 Å². The van der Waals surface area contributed by atoms with Crippen molar-refractivity contribution >= 4 is 5.91 Å². The summed E-state index contributed by atoms with van der Waals surface area (Å²) < 4.78 is 7.41. The number of aryl methyl sites for hydroxylation is 2. The highest BCUT2D eigenvalue weighted by molar-refractivity contribution is 5.92. The van der Waals surface area contributed by atoms with Gasteiger partial charge >= 0.3 is 0 Å². The molecule has 2 saturated heterocycles. The fourth-order valence-corrected chi connectivity index (χ4v) is 4.26. The molecule has 0 unspecified atom stereocenters. The van der Waals surface area contributed by atoms with Crippen LogP contribution >= 0.6 is 0 Å². The van der Waals surface area contributed by atoms with E-state index in [1.54, 1.807) is 18.0 Å². The Morgan fingerprint density at radius 1 is 1.30 bits per heavy atom. The van der Waals surface area contributed by atoms with E-state index in [0.717, 1.165) is 38.2 Å². The molecular weight excluding hydrogens is 342 g/mol. The van der Waals surface area contributed by atoms with Crippen LogP contribution < -0.4 is 0 Å². The summed E-state index contributed by atoms with van der Waals surface area (Å²) in [6, 6.07) is 6.70. The number of hydrogen-bond acceptors (Lipinski definition) is 5. The van der Waals surface area contributed by atoms with Crippen LogP contribution in [-0.2, 0) is 11.8 Å². The average Bonchev–Trinajstić information content (AvgIpc) is 3.01. The van der Waals surface area contributed by atoms with E-state index in [9.17, 15) is 4.79 Å². The molecule has 1 amide bonds. The maximum Gasteiger partial charge on any atom is 0.274 e. The quantitative estimate of drug-likeness (QED) is 0.822. The molecule has 4 rings (SSSR count). The molecule has 2 aromatic rings. The van der Waals surface area contributed by atoms with E-state index in [1.165, 1.54) is 5.56 Å². The first-order valence-electron chi connectivity index (χ1n) is 9.57. The Bertz CT molecular complexity index is 778. The zero-order valence-electron chi connectivity index (χ0n) is 16.2. The minimum Gasteiger partial charge on any atom is -0.378 e. The molecule has 7 nitrogen and oxygen atoms in total. The Morgan fingerprint density at radius 3 is 2.67 bits per heavy atom. The van der Waals surface area contributed by atoms with Crippen molar-refractivity contribution in [1.82, 2.24) is 24.6 Å². The molecule has 2 aliphatic rings. The van der Waals surface area contributed by atoms with Gasteiger partial charge in [-0.15, -0.1) is 0 Å². The van der Waals surface area contributed by atoms with Gasteiger partial charge in [0.25, 0.3) is 5.91 Å². The van der Waals surface area contributed by atoms with Crippen molar-refractivity contribution in [1.29, 1.82) is 0 Å². The van der Waals surface area contributed by atoms with Crippen LogP contribution in [0.3, 0.4) is 0 Å². The van der Waals surface area contributed by atoms with Gasteiger partial charge in [-0.1, -0.05) is 6.07 Å². The Kier molecular flexibility index (Phi) is 4.97. The normalized spacial score (nSPS) is 24.0. The van der Waals surface area contributed by atoms with Gasteiger partial charge in [-0.2, -0.15) is 5.10 Å². The average molecular weight is 369 g/mol. The minimum atomic E-state index is 0.0411. The highest BCUT2D eigenvalue weighted by Crippen LogP contribution is 2.39. The van der Waals surface area contributed by atoms with Gasteiger partial charge in [0.1, 0.15) is 0 Å². The number of aromatic nitrogens is 3. The number of amides is 1. The largest absolute Gasteiger partial charge is 0.378 e. The lowest BCUT2D eigenvalue weighted by Gasteiger charge is -2.52. The molecule has 2 aromatic heterocycles. The molecule has 0 saturated carbocycles. The number of carbonyl (C=O) groups excluding carboxylic acids is 1. The van der Waals surface area contributed by atoms with Crippen LogP contribution in [-0.4, -0.2) is 69.4 Å². The molecule has 2 atom stereocenters. The Morgan fingerprint density at radius 2 is 2.07 bits per heavy atom. The third-order valence-corrected chi connectivity index (χ3v) is 5.98. The predicted molar refractivity (Wildman–Crippen MR) is 101 cm³/mol. The number of likely N-dealkylation sites (tertiary alicyclic amines) is 2. The van der Waals surface area contributed by atoms with E-state index >= 15 is 0 Å². The number of nitrogens with zero attached hydrogens (tertiary/aromatic N) is 5. The van der Waals surface area contributed by atoms with Crippen LogP contribution in [0.15, 0.2) is 30.6 Å². The first-order chi connectivity index (χ1) is 13.1. The lowest BCUT2D eigenvalue weighted by Crippen LogP contribution is -2.60. The van der Waals surface area contributed by atoms with Gasteiger partial charge in [-0.05, 0) is 37.5 Å². The lowest BCUT2D eigenvalue weighted by molar-refractivity contribution is -0.115. The second kappa shape index (κ2) is 7.40. The third kappa shape index (κ3) is 3.37. The molecule has 4 heterocycles. The van der Waals surface area contributed by atoms with Crippen molar-refractivity contribution in [3.05, 3.63) is 47.5 Å². The SMILES string of the molecule is CO[C@H]1CN(C2CCN(C(=O)c3cc(C)n(C)n3)CC2)[C@H]1c1cccnc1. The van der Waals surface area contributed by atoms with Gasteiger partial charge < -0.3 is 9.64 Å². The summed E-state index contributed by atoms with van der Waals surface area (Å²) >= 11 is 0. The molecule has 2 fully saturated rings. The number of piperidine rings is 1. The Balaban J connectivity index is 1.39. The van der Waals surface area contributed by atoms with Crippen molar-refractivity contribution < 1.29 is 9.53 Å². The van der Waals surface area contributed by atoms with Crippen molar-refractivity contribution in [3.63, 3.8) is 0 Å². The van der Waals surface area contributed by atoms with E-state index < -0.39 is 0 Å². The Labute approximate surface area is 159 Å². The van der Waals surface area contributed by atoms with Gasteiger partial charge in [0, 0.05) is 57.9 Å². The fraction of sp³-hybridized carbons (Fsp3) is 0.550. The molecule has 0 bridgehead atoms. The summed E-state index contributed by atoms with van der Waals surface area (Å²) in [4.78, 5) is 21.4. The predicted octanol–water partition coefficient (Wildman–Crippen LogP) is 1.80. The molecule has 2 aliphatic heterocycles. The van der Waals surface area contributed by atoms with Crippen molar-refractivity contribution in [2.75, 3.05) is 26.7 Å². The number of pyridine rings is 1. The first-order valence-corrected chi connectivity index (χ1v) is 9.57. The van der Waals surface area contributed by atoms with Crippen LogP contribution in [0.1, 0.15) is 40.6 Å². The highest BCUT2D eigenvalue weighted by atomic mass is 16.5. The van der Waals surface area contributed by atoms with E-state index in [-0.39, 0.29) is 18.1 Å². The summed E-state index contributed by atoms with van der Waals surface area (Å²) in [5.74, 6) is 0.0411. The first kappa shape index (κ1) is 18.1. The van der Waals surface area contributed by atoms with E-state index in [2.05, 4.69) is 21.0 Å². The zero-order valence-corrected chi connectivity index (χ0v) is 16.2. The van der Waals surface area contributed by atoms with Crippen LogP contribution in [0, 0.1) is 6.92 Å². The van der Waals surface area contributed by atoms with Gasteiger partial charge in [0.05, 0.1) is 12.1 Å². The number of carbonyl (C=O) groups is 1. The van der Waals surface area contributed by atoms with Gasteiger partial charge in [-0.25, -0.2) is 0 Å². The fourth-order valence-electron chi connectivity index (χ4n) is 4.26. The van der Waals surface area contributed by atoms with Crippen molar-refractivity contribution in [2.45, 2.75) is 38.0 Å². The van der Waals surface area contributed by atoms with Crippen molar-refractivity contribution in [3.8, 4) is 0 Å². The summed E-state index contributed by atoms with van der Waals surface area (Å²) in [5.41, 5.74) is 2.75. The van der Waals surface area contributed by atoms with E-state index in [0.29, 0.717) is 11.7 Å². The number of ether oxygens (including phenoxy) is 1. The molecule has 27 heavy (non-hydrogen) atoms. The zero-order chi connectivity index (χ0) is 19.0. The molecule has 0 N–H and O–H groups in total. The third-order valence-electron chi connectivity index (χ3n) is 5.98. The molecule has 0 aliphatic carbocycles. The standard InChI is InChI=1S/C20H27N5O2/c1-14-11-17(22-23(14)2)20(26)24-9-6-16(7-10-24)25-13-18(27-3)19(25)15-5-4-8-21-12-15/h4-5,8,11-12,16,18-19H,6-7,9-10,13H2,1-3H3/t18-,19-/m0/s1. The summed E-state index contributed by atoms with van der Waals surface area (Å²) in [5, 5.41) is 4.33. The maximum atomic E-state index is 12.7. The summed E-state index contributed by atoms with van der Waals surface area (Å²) in [7, 11) is 3.65. The number of rotatable bonds is 4. The van der Waals surface area contributed by atoms with E-state index in [1.807, 2.05) is 37.2 Å². The monoisotopic (exact) mass is 369 g/mol. The molecule has 144 valence electrons. The van der Waals surface area contributed by atoms with Gasteiger partial charge in [0.15, 0.2) is 5.69 Å². The topological polar surface area (TPSA) is 63.5 Å². The number of hydrogen-bond donors (Lipinski definition) is 0. The smallest absolute Gasteiger partial charge is 0.274 e. The number of methoxy groups -OCH3 is 1. The highest BCUT2D eigenvalue weighted by Gasteiger charge is 2.44. The maximum absolute atomic E-state index is 12.7. The molecule has 0 radical (unpaired) electrons. The summed E-state index contributed by atoms with van der Waals surface area (Å²) in [6.07, 6.45) is 5.91. The van der Waals surface area contributed by atoms with Crippen molar-refractivity contribution in [2.24, 2.45) is 7.05 Å². The van der Waals surface area contributed by atoms with E-state index in [4.69, 9.17) is 4.74 Å². The lowest BCUT2D eigenvalue weighted by atomic mass is 9.87. The van der Waals surface area contributed by atoms with Crippen LogP contribution in [0.25, 0.3) is 0 Å². The summed E-state index contributed by atoms with van der Waals surface area (Å²) in [6.45, 7) is 4.44. The Hall–Kier alpha value is -2.25. The molecule has 0 spiro atoms. The van der Waals surface area contributed by atoms with Gasteiger partial charge in [0.2, 0.25) is 0 Å². The molecule has 7 heteroatoms.